The van der Waals surface area contributed by atoms with Gasteiger partial charge in [0.25, 0.3) is 0 Å². The van der Waals surface area contributed by atoms with Crippen LogP contribution in [0.5, 0.6) is 0 Å². The van der Waals surface area contributed by atoms with Crippen LogP contribution in [0, 0.1) is 6.92 Å². The second-order valence-electron chi connectivity index (χ2n) is 6.81. The molecule has 1 amide bonds. The average molecular weight is 324 g/mol. The second kappa shape index (κ2) is 6.40. The quantitative estimate of drug-likeness (QED) is 0.864. The molecule has 3 heterocycles. The molecule has 24 heavy (non-hydrogen) atoms. The van der Waals surface area contributed by atoms with E-state index in [0.29, 0.717) is 6.54 Å². The second-order valence-corrected chi connectivity index (χ2v) is 6.81. The minimum atomic E-state index is 0.286. The lowest BCUT2D eigenvalue weighted by Gasteiger charge is -2.37. The van der Waals surface area contributed by atoms with Crippen molar-refractivity contribution in [3.05, 3.63) is 35.9 Å². The van der Waals surface area contributed by atoms with Crippen molar-refractivity contribution < 1.29 is 4.79 Å². The van der Waals surface area contributed by atoms with Gasteiger partial charge in [-0.05, 0) is 31.0 Å². The summed E-state index contributed by atoms with van der Waals surface area (Å²) in [4.78, 5) is 23.5. The fourth-order valence-electron chi connectivity index (χ4n) is 3.49. The molecule has 2 aliphatic rings. The van der Waals surface area contributed by atoms with Gasteiger partial charge in [-0.25, -0.2) is 4.98 Å². The molecule has 2 aromatic rings. The van der Waals surface area contributed by atoms with Crippen molar-refractivity contribution in [1.29, 1.82) is 0 Å². The number of nitrogens with zero attached hydrogens (tertiary/aromatic N) is 4. The number of aryl methyl sites for hydroxylation is 1. The highest BCUT2D eigenvalue weighted by molar-refractivity contribution is 5.84. The van der Waals surface area contributed by atoms with Crippen LogP contribution in [-0.2, 0) is 4.79 Å². The smallest absolute Gasteiger partial charge is 0.236 e. The number of pyridine rings is 1. The van der Waals surface area contributed by atoms with Crippen molar-refractivity contribution in [2.24, 2.45) is 0 Å². The number of para-hydroxylation sites is 1. The molecule has 5 nitrogen and oxygen atoms in total. The Balaban J connectivity index is 1.41. The van der Waals surface area contributed by atoms with Crippen LogP contribution in [0.15, 0.2) is 30.3 Å². The summed E-state index contributed by atoms with van der Waals surface area (Å²) in [5.74, 6) is 1.34. The minimum Gasteiger partial charge on any atom is -0.354 e. The number of amides is 1. The van der Waals surface area contributed by atoms with E-state index in [1.165, 1.54) is 10.9 Å². The molecule has 1 aromatic heterocycles. The summed E-state index contributed by atoms with van der Waals surface area (Å²) < 4.78 is 0. The first kappa shape index (κ1) is 15.4. The van der Waals surface area contributed by atoms with Gasteiger partial charge in [-0.15, -0.1) is 0 Å². The number of aromatic nitrogens is 1. The topological polar surface area (TPSA) is 39.7 Å². The van der Waals surface area contributed by atoms with Crippen LogP contribution in [0.3, 0.4) is 0 Å². The standard InChI is InChI=1S/C19H24N4O/c1-15-13-18(20-17-6-3-2-5-16(15)17)22-11-9-21(10-12-22)14-19(24)23-7-4-8-23/h2-3,5-6,13H,4,7-12,14H2,1H3. The predicted molar refractivity (Wildman–Crippen MR) is 96.3 cm³/mol. The molecule has 2 aliphatic heterocycles. The molecule has 126 valence electrons. The summed E-state index contributed by atoms with van der Waals surface area (Å²) in [5.41, 5.74) is 2.33. The molecule has 4 rings (SSSR count). The number of carbonyl (C=O) groups excluding carboxylic acids is 1. The summed E-state index contributed by atoms with van der Waals surface area (Å²) in [6.45, 7) is 8.31. The molecular formula is C19H24N4O. The van der Waals surface area contributed by atoms with Crippen LogP contribution in [0.1, 0.15) is 12.0 Å². The summed E-state index contributed by atoms with van der Waals surface area (Å²) in [6.07, 6.45) is 1.16. The highest BCUT2D eigenvalue weighted by Gasteiger charge is 2.25. The van der Waals surface area contributed by atoms with E-state index >= 15 is 0 Å². The first-order chi connectivity index (χ1) is 11.7. The zero-order chi connectivity index (χ0) is 16.5. The lowest BCUT2D eigenvalue weighted by Crippen LogP contribution is -2.52. The fraction of sp³-hybridized carbons (Fsp3) is 0.474. The summed E-state index contributed by atoms with van der Waals surface area (Å²) in [5, 5.41) is 1.22. The lowest BCUT2D eigenvalue weighted by molar-refractivity contribution is -0.135. The molecular weight excluding hydrogens is 300 g/mol. The van der Waals surface area contributed by atoms with Gasteiger partial charge in [0.2, 0.25) is 5.91 Å². The summed E-state index contributed by atoms with van der Waals surface area (Å²) >= 11 is 0. The largest absolute Gasteiger partial charge is 0.354 e. The van der Waals surface area contributed by atoms with E-state index in [0.717, 1.165) is 57.0 Å². The SMILES string of the molecule is Cc1cc(N2CCN(CC(=O)N3CCC3)CC2)nc2ccccc12. The monoisotopic (exact) mass is 324 g/mol. The molecule has 0 N–H and O–H groups in total. The zero-order valence-corrected chi connectivity index (χ0v) is 14.2. The highest BCUT2D eigenvalue weighted by Crippen LogP contribution is 2.23. The fourth-order valence-corrected chi connectivity index (χ4v) is 3.49. The minimum absolute atomic E-state index is 0.286. The van der Waals surface area contributed by atoms with Gasteiger partial charge in [-0.3, -0.25) is 9.69 Å². The Morgan fingerprint density at radius 2 is 1.83 bits per heavy atom. The third-order valence-electron chi connectivity index (χ3n) is 5.17. The summed E-state index contributed by atoms with van der Waals surface area (Å²) in [6, 6.07) is 10.5. The van der Waals surface area contributed by atoms with Crippen LogP contribution in [0.2, 0.25) is 0 Å². The molecule has 0 radical (unpaired) electrons. The number of hydrogen-bond acceptors (Lipinski definition) is 4. The van der Waals surface area contributed by atoms with Crippen LogP contribution in [0.4, 0.5) is 5.82 Å². The number of fused-ring (bicyclic) bond motifs is 1. The molecule has 2 saturated heterocycles. The Morgan fingerprint density at radius 3 is 2.54 bits per heavy atom. The molecule has 1 aromatic carbocycles. The van der Waals surface area contributed by atoms with Crippen molar-refractivity contribution in [1.82, 2.24) is 14.8 Å². The van der Waals surface area contributed by atoms with Crippen LogP contribution in [-0.4, -0.2) is 66.5 Å². The van der Waals surface area contributed by atoms with Gasteiger partial charge in [0.15, 0.2) is 0 Å². The third-order valence-corrected chi connectivity index (χ3v) is 5.17. The molecule has 0 atom stereocenters. The predicted octanol–water partition coefficient (Wildman–Crippen LogP) is 1.90. The Labute approximate surface area is 142 Å². The maximum absolute atomic E-state index is 12.1. The Morgan fingerprint density at radius 1 is 1.08 bits per heavy atom. The number of anilines is 1. The first-order valence-corrected chi connectivity index (χ1v) is 8.82. The Hall–Kier alpha value is -2.14. The molecule has 2 fully saturated rings. The Kier molecular flexibility index (Phi) is 4.10. The van der Waals surface area contributed by atoms with Gasteiger partial charge in [0.1, 0.15) is 5.82 Å². The number of hydrogen-bond donors (Lipinski definition) is 0. The van der Waals surface area contributed by atoms with E-state index in [4.69, 9.17) is 4.98 Å². The Bertz CT molecular complexity index is 748. The van der Waals surface area contributed by atoms with Gasteiger partial charge >= 0.3 is 0 Å². The van der Waals surface area contributed by atoms with Gasteiger partial charge < -0.3 is 9.80 Å². The molecule has 5 heteroatoms. The van der Waals surface area contributed by atoms with Crippen molar-refractivity contribution in [2.45, 2.75) is 13.3 Å². The van der Waals surface area contributed by atoms with Gasteiger partial charge in [-0.1, -0.05) is 18.2 Å². The maximum atomic E-state index is 12.1. The van der Waals surface area contributed by atoms with Crippen molar-refractivity contribution >= 4 is 22.6 Å². The summed E-state index contributed by atoms with van der Waals surface area (Å²) in [7, 11) is 0. The van der Waals surface area contributed by atoms with Crippen LogP contribution in [0.25, 0.3) is 10.9 Å². The average Bonchev–Trinajstić information content (AvgIpc) is 2.54. The molecule has 0 unspecified atom stereocenters. The van der Waals surface area contributed by atoms with E-state index < -0.39 is 0 Å². The van der Waals surface area contributed by atoms with Crippen molar-refractivity contribution in [2.75, 3.05) is 50.7 Å². The molecule has 0 spiro atoms. The first-order valence-electron chi connectivity index (χ1n) is 8.82. The number of benzene rings is 1. The zero-order valence-electron chi connectivity index (χ0n) is 14.2. The molecule has 0 bridgehead atoms. The van der Waals surface area contributed by atoms with Gasteiger partial charge in [0, 0.05) is 44.7 Å². The number of piperazine rings is 1. The van der Waals surface area contributed by atoms with Crippen molar-refractivity contribution in [3.8, 4) is 0 Å². The van der Waals surface area contributed by atoms with Crippen molar-refractivity contribution in [3.63, 3.8) is 0 Å². The number of carbonyl (C=O) groups is 1. The highest BCUT2D eigenvalue weighted by atomic mass is 16.2. The van der Waals surface area contributed by atoms with Crippen LogP contribution >= 0.6 is 0 Å². The third kappa shape index (κ3) is 2.96. The normalized spacial score (nSPS) is 18.7. The van der Waals surface area contributed by atoms with Crippen LogP contribution < -0.4 is 4.90 Å². The van der Waals surface area contributed by atoms with E-state index in [9.17, 15) is 4.79 Å². The van der Waals surface area contributed by atoms with E-state index in [1.54, 1.807) is 0 Å². The molecule has 0 saturated carbocycles. The van der Waals surface area contributed by atoms with Gasteiger partial charge in [0.05, 0.1) is 12.1 Å². The lowest BCUT2D eigenvalue weighted by atomic mass is 10.1. The number of likely N-dealkylation sites (tertiary alicyclic amines) is 1. The van der Waals surface area contributed by atoms with Gasteiger partial charge in [-0.2, -0.15) is 0 Å². The van der Waals surface area contributed by atoms with E-state index in [2.05, 4.69) is 41.0 Å². The maximum Gasteiger partial charge on any atom is 0.236 e. The number of rotatable bonds is 3. The molecule has 0 aliphatic carbocycles. The van der Waals surface area contributed by atoms with E-state index in [1.807, 2.05) is 11.0 Å². The van der Waals surface area contributed by atoms with E-state index in [-0.39, 0.29) is 5.91 Å².